The summed E-state index contributed by atoms with van der Waals surface area (Å²) in [5.74, 6) is 0.619. The van der Waals surface area contributed by atoms with E-state index in [2.05, 4.69) is 25.6 Å². The zero-order valence-corrected chi connectivity index (χ0v) is 22.5. The van der Waals surface area contributed by atoms with E-state index in [4.69, 9.17) is 9.47 Å². The minimum atomic E-state index is -4.55. The van der Waals surface area contributed by atoms with Crippen molar-refractivity contribution in [2.45, 2.75) is 38.9 Å². The Morgan fingerprint density at radius 1 is 1.00 bits per heavy atom. The maximum absolute atomic E-state index is 12.8. The van der Waals surface area contributed by atoms with Gasteiger partial charge < -0.3 is 25.0 Å². The molecule has 7 rings (SSSR count). The first kappa shape index (κ1) is 29.6. The number of hydrogen-bond donors (Lipinski definition) is 2. The first-order valence-electron chi connectivity index (χ1n) is 13.2. The fourth-order valence-electron chi connectivity index (χ4n) is 4.05. The number of carbonyl (C=O) groups excluding carboxylic acids is 2. The summed E-state index contributed by atoms with van der Waals surface area (Å²) in [5, 5.41) is 5.84. The third kappa shape index (κ3) is 9.33. The lowest BCUT2D eigenvalue weighted by molar-refractivity contribution is -0.154. The largest absolute Gasteiger partial charge is 0.494 e. The van der Waals surface area contributed by atoms with Crippen molar-refractivity contribution >= 4 is 17.8 Å². The number of aromatic nitrogens is 3. The van der Waals surface area contributed by atoms with E-state index in [1.165, 1.54) is 0 Å². The first-order chi connectivity index (χ1) is 19.7. The molecular formula is C28H31F3N6O4. The molecule has 2 aromatic carbocycles. The van der Waals surface area contributed by atoms with Crippen LogP contribution in [-0.4, -0.2) is 70.7 Å². The van der Waals surface area contributed by atoms with E-state index in [0.717, 1.165) is 11.1 Å². The van der Waals surface area contributed by atoms with Gasteiger partial charge in [0.05, 0.1) is 6.61 Å². The van der Waals surface area contributed by atoms with Crippen LogP contribution in [0.2, 0.25) is 0 Å². The van der Waals surface area contributed by atoms with Crippen LogP contribution in [0, 0.1) is 0 Å². The second-order valence-electron chi connectivity index (χ2n) is 9.33. The third-order valence-electron chi connectivity index (χ3n) is 6.14. The highest BCUT2D eigenvalue weighted by molar-refractivity contribution is 5.94. The van der Waals surface area contributed by atoms with Crippen molar-refractivity contribution in [2.75, 3.05) is 38.2 Å². The molecule has 0 unspecified atom stereocenters. The highest BCUT2D eigenvalue weighted by Gasteiger charge is 2.29. The molecule has 0 radical (unpaired) electrons. The van der Waals surface area contributed by atoms with Crippen LogP contribution in [0.25, 0.3) is 0 Å². The lowest BCUT2D eigenvalue weighted by atomic mass is 10.1. The van der Waals surface area contributed by atoms with Crippen LogP contribution in [0.3, 0.4) is 0 Å². The fourth-order valence-corrected chi connectivity index (χ4v) is 4.05. The zero-order valence-electron chi connectivity index (χ0n) is 22.5. The number of alkyl halides is 3. The maximum atomic E-state index is 12.8. The van der Waals surface area contributed by atoms with Gasteiger partial charge in [-0.2, -0.15) is 28.1 Å². The van der Waals surface area contributed by atoms with Gasteiger partial charge in [-0.1, -0.05) is 31.2 Å². The smallest absolute Gasteiger partial charge is 0.422 e. The molecule has 0 aliphatic carbocycles. The molecule has 0 saturated carbocycles. The van der Waals surface area contributed by atoms with Gasteiger partial charge in [0.1, 0.15) is 11.6 Å². The summed E-state index contributed by atoms with van der Waals surface area (Å²) in [6.07, 6.45) is -3.40. The van der Waals surface area contributed by atoms with Crippen LogP contribution in [-0.2, 0) is 17.8 Å². The molecule has 0 spiro atoms. The van der Waals surface area contributed by atoms with Gasteiger partial charge in [-0.3, -0.25) is 9.59 Å². The van der Waals surface area contributed by atoms with E-state index >= 15 is 0 Å². The number of carbonyl (C=O) groups is 2. The number of nitrogens with zero attached hydrogens (tertiary/aromatic N) is 4. The highest BCUT2D eigenvalue weighted by Crippen LogP contribution is 2.19. The molecule has 13 heteroatoms. The van der Waals surface area contributed by atoms with Crippen molar-refractivity contribution in [1.82, 2.24) is 25.2 Å². The van der Waals surface area contributed by atoms with Gasteiger partial charge in [0.25, 0.3) is 5.91 Å². The van der Waals surface area contributed by atoms with Gasteiger partial charge in [-0.25, -0.2) is 0 Å². The van der Waals surface area contributed by atoms with Crippen LogP contribution in [0.1, 0.15) is 47.1 Å². The van der Waals surface area contributed by atoms with Gasteiger partial charge in [0.15, 0.2) is 6.61 Å². The Morgan fingerprint density at radius 2 is 1.73 bits per heavy atom. The second-order valence-corrected chi connectivity index (χ2v) is 9.33. The van der Waals surface area contributed by atoms with Crippen LogP contribution < -0.4 is 20.1 Å². The molecule has 4 aliphatic rings. The Hall–Kier alpha value is -4.42. The van der Waals surface area contributed by atoms with Crippen molar-refractivity contribution in [1.29, 1.82) is 0 Å². The molecule has 4 aliphatic heterocycles. The summed E-state index contributed by atoms with van der Waals surface area (Å²) in [5.41, 5.74) is 2.02. The summed E-state index contributed by atoms with van der Waals surface area (Å²) < 4.78 is 48.9. The molecule has 218 valence electrons. The Labute approximate surface area is 235 Å². The molecule has 0 fully saturated rings. The molecule has 2 amide bonds. The van der Waals surface area contributed by atoms with E-state index in [-0.39, 0.29) is 36.6 Å². The van der Waals surface area contributed by atoms with E-state index < -0.39 is 18.8 Å². The predicted molar refractivity (Wildman–Crippen MR) is 144 cm³/mol. The first-order valence-corrected chi connectivity index (χ1v) is 13.2. The molecule has 2 N–H and O–H groups in total. The summed E-state index contributed by atoms with van der Waals surface area (Å²) in [6, 6.07) is 13.5. The average Bonchev–Trinajstić information content (AvgIpc) is 2.96. The number of rotatable bonds is 3. The van der Waals surface area contributed by atoms with E-state index in [9.17, 15) is 22.8 Å². The van der Waals surface area contributed by atoms with Gasteiger partial charge in [-0.05, 0) is 41.8 Å². The van der Waals surface area contributed by atoms with Crippen molar-refractivity contribution in [2.24, 2.45) is 0 Å². The molecule has 0 saturated heterocycles. The van der Waals surface area contributed by atoms with Gasteiger partial charge in [0.2, 0.25) is 11.9 Å². The molecule has 5 heterocycles. The summed E-state index contributed by atoms with van der Waals surface area (Å²) >= 11 is 0. The number of hydrogen-bond acceptors (Lipinski definition) is 8. The van der Waals surface area contributed by atoms with Crippen molar-refractivity contribution in [3.05, 3.63) is 71.0 Å². The van der Waals surface area contributed by atoms with E-state index in [0.29, 0.717) is 50.4 Å². The van der Waals surface area contributed by atoms with E-state index in [1.807, 2.05) is 12.1 Å². The van der Waals surface area contributed by atoms with Crippen LogP contribution in [0.5, 0.6) is 11.8 Å². The number of benzene rings is 2. The number of halogens is 3. The van der Waals surface area contributed by atoms with Gasteiger partial charge in [0, 0.05) is 44.6 Å². The third-order valence-corrected chi connectivity index (χ3v) is 6.14. The fraction of sp³-hybridized carbons (Fsp3) is 0.393. The Morgan fingerprint density at radius 3 is 2.44 bits per heavy atom. The van der Waals surface area contributed by atoms with Gasteiger partial charge in [-0.15, -0.1) is 0 Å². The normalized spacial score (nSPS) is 15.0. The number of amides is 2. The minimum absolute atomic E-state index is 0.00154. The standard InChI is InChI=1S/C28H31F3N6O4/c1-2-24(38)37-13-3-15-40-22-10-6-20(7-11-22)17-33-26-34-23(35-27(36-26)41-18-28(29,30)31)16-19-4-8-21(9-5-19)25(39)32-12-14-37/h4-11H,2-3,12-18H2,1H3,(H,32,39)(H,33,34,35,36). The lowest BCUT2D eigenvalue weighted by Gasteiger charge is -2.22. The number of nitrogens with one attached hydrogen (secondary N) is 2. The maximum Gasteiger partial charge on any atom is 0.422 e. The van der Waals surface area contributed by atoms with Crippen LogP contribution in [0.15, 0.2) is 48.5 Å². The topological polar surface area (TPSA) is 119 Å². The van der Waals surface area contributed by atoms with Gasteiger partial charge >= 0.3 is 12.2 Å². The lowest BCUT2D eigenvalue weighted by Crippen LogP contribution is -2.39. The van der Waals surface area contributed by atoms with Crippen LogP contribution >= 0.6 is 0 Å². The van der Waals surface area contributed by atoms with E-state index in [1.54, 1.807) is 48.2 Å². The predicted octanol–water partition coefficient (Wildman–Crippen LogP) is 3.77. The van der Waals surface area contributed by atoms with Crippen molar-refractivity contribution < 1.29 is 32.2 Å². The molecular weight excluding hydrogens is 541 g/mol. The highest BCUT2D eigenvalue weighted by atomic mass is 19.4. The Balaban J connectivity index is 1.56. The summed E-state index contributed by atoms with van der Waals surface area (Å²) in [6.45, 7) is 2.12. The summed E-state index contributed by atoms with van der Waals surface area (Å²) in [7, 11) is 0. The summed E-state index contributed by atoms with van der Waals surface area (Å²) in [4.78, 5) is 39.1. The molecule has 3 aromatic rings. The van der Waals surface area contributed by atoms with Crippen molar-refractivity contribution in [3.8, 4) is 11.8 Å². The minimum Gasteiger partial charge on any atom is -0.494 e. The molecule has 1 aromatic heterocycles. The monoisotopic (exact) mass is 572 g/mol. The van der Waals surface area contributed by atoms with Crippen molar-refractivity contribution in [3.63, 3.8) is 0 Å². The quantitative estimate of drug-likeness (QED) is 0.487. The number of ether oxygens (including phenoxy) is 2. The Kier molecular flexibility index (Phi) is 9.93. The SMILES string of the molecule is CCC(=O)N1CCCOc2ccc(cc2)CNc2nc(nc(OCC(F)(F)F)n2)Cc2ccc(cc2)C(=O)NCC1. The molecule has 0 atom stereocenters. The zero-order chi connectivity index (χ0) is 29.2. The van der Waals surface area contributed by atoms with Crippen LogP contribution in [0.4, 0.5) is 19.1 Å². The Bertz CT molecular complexity index is 1320. The molecule has 41 heavy (non-hydrogen) atoms. The second kappa shape index (κ2) is 13.8. The number of anilines is 1. The molecule has 10 nitrogen and oxygen atoms in total. The average molecular weight is 573 g/mol. The molecule has 6 bridgehead atoms.